The number of carbonyl (C=O) groups is 1. The second-order valence-corrected chi connectivity index (χ2v) is 2.90. The van der Waals surface area contributed by atoms with E-state index in [0.717, 1.165) is 0 Å². The van der Waals surface area contributed by atoms with Crippen LogP contribution in [-0.4, -0.2) is 12.2 Å². The second-order valence-electron chi connectivity index (χ2n) is 2.90. The summed E-state index contributed by atoms with van der Waals surface area (Å²) < 4.78 is -0.333. The summed E-state index contributed by atoms with van der Waals surface area (Å²) in [5.74, 6) is 0. The number of urea groups is 1. The van der Waals surface area contributed by atoms with Crippen molar-refractivity contribution in [1.29, 1.82) is 0 Å². The van der Waals surface area contributed by atoms with Gasteiger partial charge in [0.05, 0.1) is 12.3 Å². The molecule has 1 radical (unpaired) electrons. The van der Waals surface area contributed by atoms with E-state index in [0.29, 0.717) is 5.69 Å². The van der Waals surface area contributed by atoms with Gasteiger partial charge in [-0.05, 0) is 0 Å². The topological polar surface area (TPSA) is 55.5 Å². The van der Waals surface area contributed by atoms with Gasteiger partial charge in [0.25, 0.3) is 0 Å². The van der Waals surface area contributed by atoms with Crippen LogP contribution in [0.25, 0.3) is 0 Å². The Bertz CT molecular complexity index is 397. The Morgan fingerprint density at radius 3 is 2.57 bits per heavy atom. The number of allylic oxidation sites excluding steroid dienone is 1. The molecule has 0 saturated carbocycles. The molecule has 0 bridgehead atoms. The van der Waals surface area contributed by atoms with Gasteiger partial charge in [-0.25, -0.2) is 4.79 Å². The Kier molecular flexibility index (Phi) is 1.90. The summed E-state index contributed by atoms with van der Waals surface area (Å²) in [5, 5.41) is 4.01. The molecule has 1 heterocycles. The zero-order valence-electron chi connectivity index (χ0n) is 7.42. The van der Waals surface area contributed by atoms with Crippen molar-refractivity contribution < 1.29 is 4.79 Å². The standard InChI is InChI=1S/C10H8N3O/c11-10(14)13(8-4-7-12-13)9-5-2-1-3-6-9/h1-3,5-8H,(H-,11,14)/p+1. The van der Waals surface area contributed by atoms with Crippen LogP contribution in [0.3, 0.4) is 0 Å². The molecule has 14 heavy (non-hydrogen) atoms. The van der Waals surface area contributed by atoms with E-state index in [4.69, 9.17) is 5.73 Å². The van der Waals surface area contributed by atoms with Gasteiger partial charge in [-0.15, -0.1) is 0 Å². The maximum Gasteiger partial charge on any atom is 0.450 e. The number of quaternary nitrogens is 1. The third-order valence-electron chi connectivity index (χ3n) is 2.06. The minimum absolute atomic E-state index is 0.333. The molecule has 4 heteroatoms. The molecule has 2 amide bonds. The van der Waals surface area contributed by atoms with Gasteiger partial charge >= 0.3 is 6.03 Å². The maximum atomic E-state index is 11.3. The van der Waals surface area contributed by atoms with Crippen LogP contribution in [0.4, 0.5) is 10.5 Å². The molecule has 0 fully saturated rings. The van der Waals surface area contributed by atoms with Crippen molar-refractivity contribution in [2.45, 2.75) is 0 Å². The maximum absolute atomic E-state index is 11.3. The molecule has 69 valence electrons. The largest absolute Gasteiger partial charge is 0.450 e. The summed E-state index contributed by atoms with van der Waals surface area (Å²) in [6, 6.07) is 8.59. The van der Waals surface area contributed by atoms with Crippen molar-refractivity contribution in [3.63, 3.8) is 0 Å². The van der Waals surface area contributed by atoms with Gasteiger partial charge in [-0.1, -0.05) is 27.9 Å². The molecular formula is C10H9N3O+. The van der Waals surface area contributed by atoms with E-state index in [1.54, 1.807) is 12.1 Å². The number of nitrogens with two attached hydrogens (primary N) is 1. The van der Waals surface area contributed by atoms with Gasteiger partial charge < -0.3 is 5.73 Å². The number of primary amides is 1. The average Bonchev–Trinajstić information content (AvgIpc) is 2.69. The highest BCUT2D eigenvalue weighted by Crippen LogP contribution is 2.25. The lowest BCUT2D eigenvalue weighted by Gasteiger charge is -2.19. The van der Waals surface area contributed by atoms with Gasteiger partial charge in [0.1, 0.15) is 6.20 Å². The van der Waals surface area contributed by atoms with Gasteiger partial charge in [-0.3, -0.25) is 0 Å². The highest BCUT2D eigenvalue weighted by Gasteiger charge is 2.37. The molecule has 0 aromatic heterocycles. The Labute approximate surface area is 81.5 Å². The summed E-state index contributed by atoms with van der Waals surface area (Å²) in [4.78, 5) is 11.3. The van der Waals surface area contributed by atoms with Crippen molar-refractivity contribution in [2.24, 2.45) is 10.8 Å². The number of nitrogens with zero attached hydrogens (tertiary/aromatic N) is 2. The quantitative estimate of drug-likeness (QED) is 0.663. The van der Waals surface area contributed by atoms with Crippen LogP contribution in [0.2, 0.25) is 0 Å². The smallest absolute Gasteiger partial charge is 0.316 e. The summed E-state index contributed by atoms with van der Waals surface area (Å²) in [6.45, 7) is 0. The Morgan fingerprint density at radius 1 is 1.36 bits per heavy atom. The monoisotopic (exact) mass is 187 g/mol. The molecule has 1 unspecified atom stereocenters. The molecule has 1 aliphatic rings. The number of rotatable bonds is 1. The number of hydrogen-bond acceptors (Lipinski definition) is 2. The molecule has 1 aromatic rings. The molecule has 1 atom stereocenters. The normalized spacial score (nSPS) is 24.0. The first kappa shape index (κ1) is 8.65. The van der Waals surface area contributed by atoms with Gasteiger partial charge in [0, 0.05) is 12.1 Å². The predicted molar refractivity (Wildman–Crippen MR) is 54.1 cm³/mol. The van der Waals surface area contributed by atoms with E-state index in [1.165, 1.54) is 12.4 Å². The lowest BCUT2D eigenvalue weighted by atomic mass is 10.3. The molecule has 4 nitrogen and oxygen atoms in total. The lowest BCUT2D eigenvalue weighted by molar-refractivity contribution is 0.227. The minimum Gasteiger partial charge on any atom is -0.316 e. The number of amides is 2. The van der Waals surface area contributed by atoms with Crippen LogP contribution < -0.4 is 10.3 Å². The third-order valence-corrected chi connectivity index (χ3v) is 2.06. The van der Waals surface area contributed by atoms with Gasteiger partial charge in [0.2, 0.25) is 0 Å². The highest BCUT2D eigenvalue weighted by atomic mass is 16.2. The average molecular weight is 187 g/mol. The summed E-state index contributed by atoms with van der Waals surface area (Å²) in [5.41, 5.74) is 6.02. The molecule has 1 aromatic carbocycles. The van der Waals surface area contributed by atoms with Crippen LogP contribution in [-0.2, 0) is 0 Å². The number of carbonyl (C=O) groups excluding carboxylic acids is 1. The number of benzene rings is 1. The van der Waals surface area contributed by atoms with Crippen LogP contribution in [0, 0.1) is 6.08 Å². The van der Waals surface area contributed by atoms with E-state index in [-0.39, 0.29) is 4.59 Å². The highest BCUT2D eigenvalue weighted by molar-refractivity contribution is 5.90. The first-order valence-corrected chi connectivity index (χ1v) is 4.14. The van der Waals surface area contributed by atoms with E-state index < -0.39 is 6.03 Å². The van der Waals surface area contributed by atoms with Crippen molar-refractivity contribution in [3.8, 4) is 0 Å². The zero-order chi connectivity index (χ0) is 10.0. The van der Waals surface area contributed by atoms with Crippen LogP contribution in [0.1, 0.15) is 0 Å². The summed E-state index contributed by atoms with van der Waals surface area (Å²) >= 11 is 0. The van der Waals surface area contributed by atoms with Crippen LogP contribution >= 0.6 is 0 Å². The van der Waals surface area contributed by atoms with E-state index in [1.807, 2.05) is 18.2 Å². The van der Waals surface area contributed by atoms with E-state index in [9.17, 15) is 4.79 Å². The van der Waals surface area contributed by atoms with Crippen molar-refractivity contribution in [3.05, 3.63) is 42.6 Å². The van der Waals surface area contributed by atoms with Gasteiger partial charge in [0.15, 0.2) is 5.69 Å². The molecule has 0 saturated heterocycles. The minimum atomic E-state index is -0.544. The van der Waals surface area contributed by atoms with Crippen LogP contribution in [0.5, 0.6) is 0 Å². The summed E-state index contributed by atoms with van der Waals surface area (Å²) in [7, 11) is 0. The first-order chi connectivity index (χ1) is 6.76. The SMILES string of the molecule is NC(=O)[N+]1(c2ccccc2)C=[C]C=N1. The number of hydrogen-bond donors (Lipinski definition) is 1. The summed E-state index contributed by atoms with van der Waals surface area (Å²) in [6.07, 6.45) is 5.72. The second kappa shape index (κ2) is 3.08. The van der Waals surface area contributed by atoms with E-state index in [2.05, 4.69) is 11.2 Å². The Balaban J connectivity index is 2.54. The van der Waals surface area contributed by atoms with Crippen molar-refractivity contribution in [2.75, 3.05) is 0 Å². The fraction of sp³-hybridized carbons (Fsp3) is 0. The van der Waals surface area contributed by atoms with Crippen molar-refractivity contribution >= 4 is 17.9 Å². The molecule has 0 aliphatic carbocycles. The molecule has 1 aliphatic heterocycles. The van der Waals surface area contributed by atoms with E-state index >= 15 is 0 Å². The fourth-order valence-electron chi connectivity index (χ4n) is 1.34. The number of para-hydroxylation sites is 1. The predicted octanol–water partition coefficient (Wildman–Crippen LogP) is 1.39. The molecule has 2 rings (SSSR count). The Morgan fingerprint density at radius 2 is 2.07 bits per heavy atom. The Hall–Kier alpha value is -1.94. The van der Waals surface area contributed by atoms with Gasteiger partial charge in [-0.2, -0.15) is 0 Å². The van der Waals surface area contributed by atoms with Crippen molar-refractivity contribution in [1.82, 2.24) is 4.59 Å². The molecule has 2 N–H and O–H groups in total. The molecule has 0 spiro atoms. The first-order valence-electron chi connectivity index (χ1n) is 4.14. The fourth-order valence-corrected chi connectivity index (χ4v) is 1.34. The third kappa shape index (κ3) is 1.13. The molecular weight excluding hydrogens is 178 g/mol. The lowest BCUT2D eigenvalue weighted by Crippen LogP contribution is -2.46. The van der Waals surface area contributed by atoms with Crippen LogP contribution in [0.15, 0.2) is 41.6 Å². The zero-order valence-corrected chi connectivity index (χ0v) is 7.42.